The highest BCUT2D eigenvalue weighted by molar-refractivity contribution is 6.17. The number of halogens is 4. The molecular formula is C14H4F4O3. The van der Waals surface area contributed by atoms with E-state index in [1.807, 2.05) is 0 Å². The smallest absolute Gasteiger partial charge is 0.347 e. The molecule has 1 heterocycles. The molecule has 0 saturated heterocycles. The summed E-state index contributed by atoms with van der Waals surface area (Å²) in [6, 6.07) is 4.13. The highest BCUT2D eigenvalue weighted by Crippen LogP contribution is 2.34. The number of hydrogen-bond acceptors (Lipinski definition) is 3. The van der Waals surface area contributed by atoms with E-state index in [1.165, 1.54) is 18.2 Å². The van der Waals surface area contributed by atoms with E-state index in [2.05, 4.69) is 4.74 Å². The molecule has 0 saturated carbocycles. The Morgan fingerprint density at radius 3 is 2.14 bits per heavy atom. The first kappa shape index (κ1) is 13.3. The standard InChI is InChI=1S/C14H4F4O3/c15-8-4-7(10(16)12(18)11(8)17)5-2-1-3-6-9(5)14(20)21-13(6)19/h1-4H. The van der Waals surface area contributed by atoms with Crippen molar-refractivity contribution in [1.29, 1.82) is 0 Å². The van der Waals surface area contributed by atoms with Crippen LogP contribution in [0.1, 0.15) is 20.7 Å². The van der Waals surface area contributed by atoms with Crippen molar-refractivity contribution in [2.45, 2.75) is 0 Å². The Kier molecular flexibility index (Phi) is 2.79. The summed E-state index contributed by atoms with van der Waals surface area (Å²) in [4.78, 5) is 23.0. The van der Waals surface area contributed by atoms with Gasteiger partial charge in [-0.05, 0) is 12.1 Å². The minimum absolute atomic E-state index is 0.151. The number of hydrogen-bond donors (Lipinski definition) is 0. The van der Waals surface area contributed by atoms with Crippen LogP contribution in [0.3, 0.4) is 0 Å². The highest BCUT2D eigenvalue weighted by Gasteiger charge is 2.34. The molecule has 3 rings (SSSR count). The molecule has 106 valence electrons. The molecule has 0 aromatic heterocycles. The van der Waals surface area contributed by atoms with Gasteiger partial charge in [-0.3, -0.25) is 0 Å². The molecule has 0 atom stereocenters. The van der Waals surface area contributed by atoms with E-state index in [4.69, 9.17) is 0 Å². The molecule has 0 aliphatic carbocycles. The lowest BCUT2D eigenvalue weighted by Crippen LogP contribution is -2.02. The van der Waals surface area contributed by atoms with Crippen molar-refractivity contribution in [2.75, 3.05) is 0 Å². The molecule has 2 aromatic carbocycles. The van der Waals surface area contributed by atoms with Gasteiger partial charge in [-0.2, -0.15) is 0 Å². The Labute approximate surface area is 114 Å². The third kappa shape index (κ3) is 1.81. The molecule has 1 aliphatic heterocycles. The number of rotatable bonds is 1. The fourth-order valence-corrected chi connectivity index (χ4v) is 2.13. The molecule has 0 radical (unpaired) electrons. The second-order valence-electron chi connectivity index (χ2n) is 4.25. The summed E-state index contributed by atoms with van der Waals surface area (Å²) in [6.45, 7) is 0. The fourth-order valence-electron chi connectivity index (χ4n) is 2.13. The molecule has 3 nitrogen and oxygen atoms in total. The summed E-state index contributed by atoms with van der Waals surface area (Å²) in [6.07, 6.45) is 0. The summed E-state index contributed by atoms with van der Waals surface area (Å²) in [7, 11) is 0. The summed E-state index contributed by atoms with van der Waals surface area (Å²) < 4.78 is 57.7. The minimum Gasteiger partial charge on any atom is -0.386 e. The minimum atomic E-state index is -2.00. The lowest BCUT2D eigenvalue weighted by atomic mass is 9.96. The van der Waals surface area contributed by atoms with Gasteiger partial charge < -0.3 is 4.74 Å². The first-order valence-electron chi connectivity index (χ1n) is 5.64. The van der Waals surface area contributed by atoms with Crippen LogP contribution in [-0.4, -0.2) is 11.9 Å². The lowest BCUT2D eigenvalue weighted by molar-refractivity contribution is 0.0444. The third-order valence-corrected chi connectivity index (χ3v) is 3.07. The summed E-state index contributed by atoms with van der Waals surface area (Å²) >= 11 is 0. The zero-order valence-corrected chi connectivity index (χ0v) is 10.0. The second kappa shape index (κ2) is 4.41. The van der Waals surface area contributed by atoms with Crippen molar-refractivity contribution in [3.8, 4) is 11.1 Å². The molecule has 0 fully saturated rings. The Balaban J connectivity index is 2.34. The maximum Gasteiger partial charge on any atom is 0.347 e. The van der Waals surface area contributed by atoms with Crippen molar-refractivity contribution in [2.24, 2.45) is 0 Å². The maximum absolute atomic E-state index is 13.8. The number of esters is 2. The zero-order chi connectivity index (χ0) is 15.3. The normalized spacial score (nSPS) is 13.3. The van der Waals surface area contributed by atoms with E-state index < -0.39 is 40.8 Å². The number of cyclic esters (lactones) is 2. The quantitative estimate of drug-likeness (QED) is 0.267. The van der Waals surface area contributed by atoms with Gasteiger partial charge in [0.15, 0.2) is 23.3 Å². The van der Waals surface area contributed by atoms with Gasteiger partial charge in [0.1, 0.15) is 0 Å². The van der Waals surface area contributed by atoms with Gasteiger partial charge in [-0.1, -0.05) is 12.1 Å². The molecule has 21 heavy (non-hydrogen) atoms. The van der Waals surface area contributed by atoms with Crippen molar-refractivity contribution in [1.82, 2.24) is 0 Å². The average Bonchev–Trinajstić information content (AvgIpc) is 2.76. The molecule has 0 N–H and O–H groups in total. The van der Waals surface area contributed by atoms with Gasteiger partial charge in [-0.25, -0.2) is 27.2 Å². The number of carbonyl (C=O) groups is 2. The van der Waals surface area contributed by atoms with E-state index in [9.17, 15) is 27.2 Å². The van der Waals surface area contributed by atoms with Crippen molar-refractivity contribution in [3.05, 3.63) is 58.7 Å². The molecule has 0 spiro atoms. The SMILES string of the molecule is O=C1OC(=O)c2c1cccc2-c1cc(F)c(F)c(F)c1F. The van der Waals surface area contributed by atoms with Crippen LogP contribution < -0.4 is 0 Å². The van der Waals surface area contributed by atoms with Crippen LogP contribution in [0.5, 0.6) is 0 Å². The molecule has 0 bridgehead atoms. The largest absolute Gasteiger partial charge is 0.386 e. The van der Waals surface area contributed by atoms with Crippen LogP contribution >= 0.6 is 0 Å². The van der Waals surface area contributed by atoms with Crippen molar-refractivity contribution >= 4 is 11.9 Å². The van der Waals surface area contributed by atoms with Crippen LogP contribution in [0.25, 0.3) is 11.1 Å². The van der Waals surface area contributed by atoms with Crippen LogP contribution in [0.2, 0.25) is 0 Å². The number of ether oxygens (including phenoxy) is 1. The van der Waals surface area contributed by atoms with Crippen LogP contribution in [-0.2, 0) is 4.74 Å². The summed E-state index contributed by atoms with van der Waals surface area (Å²) in [5, 5.41) is 0. The number of benzene rings is 2. The zero-order valence-electron chi connectivity index (χ0n) is 10.0. The van der Waals surface area contributed by atoms with Crippen molar-refractivity contribution in [3.63, 3.8) is 0 Å². The van der Waals surface area contributed by atoms with Crippen LogP contribution in [0.15, 0.2) is 24.3 Å². The molecule has 7 heteroatoms. The molecule has 1 aliphatic rings. The third-order valence-electron chi connectivity index (χ3n) is 3.07. The first-order valence-corrected chi connectivity index (χ1v) is 5.64. The number of fused-ring (bicyclic) bond motifs is 1. The predicted octanol–water partition coefficient (Wildman–Crippen LogP) is 3.22. The second-order valence-corrected chi connectivity index (χ2v) is 4.25. The monoisotopic (exact) mass is 296 g/mol. The van der Waals surface area contributed by atoms with E-state index >= 15 is 0 Å². The van der Waals surface area contributed by atoms with E-state index in [0.29, 0.717) is 6.07 Å². The average molecular weight is 296 g/mol. The Bertz CT molecular complexity index is 814. The van der Waals surface area contributed by atoms with Gasteiger partial charge in [0.05, 0.1) is 11.1 Å². The number of carbonyl (C=O) groups excluding carboxylic acids is 2. The fraction of sp³-hybridized carbons (Fsp3) is 0. The Hall–Kier alpha value is -2.70. The highest BCUT2D eigenvalue weighted by atomic mass is 19.2. The molecule has 2 aromatic rings. The summed E-state index contributed by atoms with van der Waals surface area (Å²) in [5.74, 6) is -9.23. The predicted molar refractivity (Wildman–Crippen MR) is 61.5 cm³/mol. The maximum atomic E-state index is 13.8. The van der Waals surface area contributed by atoms with E-state index in [1.54, 1.807) is 0 Å². The van der Waals surface area contributed by atoms with Gasteiger partial charge in [-0.15, -0.1) is 0 Å². The van der Waals surface area contributed by atoms with Crippen molar-refractivity contribution < 1.29 is 31.9 Å². The van der Waals surface area contributed by atoms with Gasteiger partial charge in [0, 0.05) is 11.1 Å². The first-order chi connectivity index (χ1) is 9.91. The molecule has 0 unspecified atom stereocenters. The lowest BCUT2D eigenvalue weighted by Gasteiger charge is -2.08. The topological polar surface area (TPSA) is 43.4 Å². The molecular weight excluding hydrogens is 292 g/mol. The van der Waals surface area contributed by atoms with Crippen LogP contribution in [0, 0.1) is 23.3 Å². The van der Waals surface area contributed by atoms with E-state index in [-0.39, 0.29) is 16.7 Å². The van der Waals surface area contributed by atoms with E-state index in [0.717, 1.165) is 0 Å². The van der Waals surface area contributed by atoms with Gasteiger partial charge >= 0.3 is 11.9 Å². The van der Waals surface area contributed by atoms with Gasteiger partial charge in [0.25, 0.3) is 0 Å². The summed E-state index contributed by atoms with van der Waals surface area (Å²) in [5.41, 5.74) is -1.39. The Morgan fingerprint density at radius 2 is 1.43 bits per heavy atom. The molecule has 0 amide bonds. The van der Waals surface area contributed by atoms with Crippen LogP contribution in [0.4, 0.5) is 17.6 Å². The van der Waals surface area contributed by atoms with Gasteiger partial charge in [0.2, 0.25) is 0 Å². The Morgan fingerprint density at radius 1 is 0.762 bits per heavy atom.